The van der Waals surface area contributed by atoms with Crippen molar-refractivity contribution in [1.82, 2.24) is 4.98 Å². The summed E-state index contributed by atoms with van der Waals surface area (Å²) in [7, 11) is 0. The highest BCUT2D eigenvalue weighted by atomic mass is 14.7. The van der Waals surface area contributed by atoms with E-state index in [-0.39, 0.29) is 0 Å². The van der Waals surface area contributed by atoms with Crippen LogP contribution in [0.3, 0.4) is 0 Å². The Kier molecular flexibility index (Phi) is 3.30. The van der Waals surface area contributed by atoms with Crippen LogP contribution in [0.15, 0.2) is 36.0 Å². The second-order valence-corrected chi connectivity index (χ2v) is 4.51. The van der Waals surface area contributed by atoms with E-state index in [0.717, 1.165) is 17.5 Å². The van der Waals surface area contributed by atoms with Gasteiger partial charge < -0.3 is 4.98 Å². The summed E-state index contributed by atoms with van der Waals surface area (Å²) in [4.78, 5) is 3.20. The molecule has 0 fully saturated rings. The third-order valence-electron chi connectivity index (χ3n) is 2.85. The van der Waals surface area contributed by atoms with E-state index in [1.54, 1.807) is 0 Å². The van der Waals surface area contributed by atoms with Crippen LogP contribution < -0.4 is 0 Å². The number of hydrogen-bond acceptors (Lipinski definition) is 1. The van der Waals surface area contributed by atoms with Gasteiger partial charge in [0.1, 0.15) is 0 Å². The molecule has 2 nitrogen and oxygen atoms in total. The SMILES string of the molecule is CC(C)=CCc1ccc2[nH]cc(CC#N)c2c1. The number of aromatic nitrogens is 1. The van der Waals surface area contributed by atoms with Crippen molar-refractivity contribution in [3.05, 3.63) is 47.2 Å². The first kappa shape index (κ1) is 11.5. The molecular formula is C15H16N2. The molecule has 2 aromatic rings. The molecule has 0 bridgehead atoms. The Morgan fingerprint density at radius 2 is 2.24 bits per heavy atom. The number of nitrogens with zero attached hydrogens (tertiary/aromatic N) is 1. The predicted molar refractivity (Wildman–Crippen MR) is 70.8 cm³/mol. The average molecular weight is 224 g/mol. The molecule has 17 heavy (non-hydrogen) atoms. The van der Waals surface area contributed by atoms with Crippen molar-refractivity contribution in [3.8, 4) is 6.07 Å². The van der Waals surface area contributed by atoms with Gasteiger partial charge in [-0.3, -0.25) is 0 Å². The van der Waals surface area contributed by atoms with Crippen LogP contribution in [0.5, 0.6) is 0 Å². The molecule has 0 aliphatic carbocycles. The molecule has 0 saturated heterocycles. The van der Waals surface area contributed by atoms with Gasteiger partial charge in [-0.1, -0.05) is 17.7 Å². The molecule has 0 unspecified atom stereocenters. The van der Waals surface area contributed by atoms with E-state index < -0.39 is 0 Å². The van der Waals surface area contributed by atoms with Crippen LogP contribution in [0.1, 0.15) is 25.0 Å². The highest BCUT2D eigenvalue weighted by Gasteiger charge is 2.03. The van der Waals surface area contributed by atoms with Gasteiger partial charge in [0.05, 0.1) is 12.5 Å². The van der Waals surface area contributed by atoms with Gasteiger partial charge >= 0.3 is 0 Å². The Morgan fingerprint density at radius 1 is 1.41 bits per heavy atom. The van der Waals surface area contributed by atoms with Crippen molar-refractivity contribution in [2.75, 3.05) is 0 Å². The van der Waals surface area contributed by atoms with Gasteiger partial charge in [0.2, 0.25) is 0 Å². The van der Waals surface area contributed by atoms with Crippen molar-refractivity contribution in [2.24, 2.45) is 0 Å². The zero-order valence-electron chi connectivity index (χ0n) is 10.2. The third kappa shape index (κ3) is 2.57. The maximum absolute atomic E-state index is 8.77. The maximum Gasteiger partial charge on any atom is 0.0670 e. The fourth-order valence-electron chi connectivity index (χ4n) is 1.91. The Morgan fingerprint density at radius 3 is 2.94 bits per heavy atom. The molecule has 0 aliphatic heterocycles. The van der Waals surface area contributed by atoms with E-state index in [4.69, 9.17) is 5.26 Å². The lowest BCUT2D eigenvalue weighted by Gasteiger charge is -1.99. The molecular weight excluding hydrogens is 208 g/mol. The van der Waals surface area contributed by atoms with Gasteiger partial charge in [0.15, 0.2) is 0 Å². The molecule has 1 aromatic carbocycles. The van der Waals surface area contributed by atoms with Crippen LogP contribution >= 0.6 is 0 Å². The van der Waals surface area contributed by atoms with Gasteiger partial charge in [-0.15, -0.1) is 0 Å². The largest absolute Gasteiger partial charge is 0.361 e. The minimum absolute atomic E-state index is 0.464. The number of benzene rings is 1. The van der Waals surface area contributed by atoms with Gasteiger partial charge in [-0.05, 0) is 43.5 Å². The minimum Gasteiger partial charge on any atom is -0.361 e. The molecule has 0 saturated carbocycles. The van der Waals surface area contributed by atoms with Crippen molar-refractivity contribution in [3.63, 3.8) is 0 Å². The van der Waals surface area contributed by atoms with Crippen molar-refractivity contribution in [2.45, 2.75) is 26.7 Å². The summed E-state index contributed by atoms with van der Waals surface area (Å²) in [5.74, 6) is 0. The molecule has 0 aliphatic rings. The smallest absolute Gasteiger partial charge is 0.0670 e. The van der Waals surface area contributed by atoms with Gasteiger partial charge in [-0.25, -0.2) is 0 Å². The normalized spacial score (nSPS) is 10.2. The van der Waals surface area contributed by atoms with Gasteiger partial charge in [-0.2, -0.15) is 5.26 Å². The summed E-state index contributed by atoms with van der Waals surface area (Å²) in [6, 6.07) is 8.60. The summed E-state index contributed by atoms with van der Waals surface area (Å²) < 4.78 is 0. The number of H-pyrrole nitrogens is 1. The molecule has 1 aromatic heterocycles. The molecule has 2 heteroatoms. The summed E-state index contributed by atoms with van der Waals surface area (Å²) in [6.07, 6.45) is 5.57. The fraction of sp³-hybridized carbons (Fsp3) is 0.267. The Bertz CT molecular complexity index is 593. The van der Waals surface area contributed by atoms with Crippen molar-refractivity contribution in [1.29, 1.82) is 5.26 Å². The molecule has 0 spiro atoms. The number of nitriles is 1. The van der Waals surface area contributed by atoms with Crippen LogP contribution in [-0.2, 0) is 12.8 Å². The number of rotatable bonds is 3. The summed E-state index contributed by atoms with van der Waals surface area (Å²) in [6.45, 7) is 4.21. The predicted octanol–water partition coefficient (Wildman–Crippen LogP) is 3.74. The molecule has 0 radical (unpaired) electrons. The van der Waals surface area contributed by atoms with Crippen molar-refractivity contribution >= 4 is 10.9 Å². The van der Waals surface area contributed by atoms with Crippen LogP contribution in [0, 0.1) is 11.3 Å². The molecule has 2 rings (SSSR count). The number of fused-ring (bicyclic) bond motifs is 1. The molecule has 0 amide bonds. The summed E-state index contributed by atoms with van der Waals surface area (Å²) in [5, 5.41) is 9.94. The topological polar surface area (TPSA) is 39.6 Å². The fourth-order valence-corrected chi connectivity index (χ4v) is 1.91. The molecule has 1 N–H and O–H groups in total. The maximum atomic E-state index is 8.77. The average Bonchev–Trinajstić information content (AvgIpc) is 2.70. The second kappa shape index (κ2) is 4.88. The lowest BCUT2D eigenvalue weighted by Crippen LogP contribution is -1.83. The Labute approximate surface area is 102 Å². The minimum atomic E-state index is 0.464. The molecule has 0 atom stereocenters. The highest BCUT2D eigenvalue weighted by molar-refractivity contribution is 5.84. The lowest BCUT2D eigenvalue weighted by atomic mass is 10.0. The summed E-state index contributed by atoms with van der Waals surface area (Å²) >= 11 is 0. The van der Waals surface area contributed by atoms with Gasteiger partial charge in [0.25, 0.3) is 0 Å². The third-order valence-corrected chi connectivity index (χ3v) is 2.85. The second-order valence-electron chi connectivity index (χ2n) is 4.51. The van der Waals surface area contributed by atoms with Crippen LogP contribution in [0.4, 0.5) is 0 Å². The van der Waals surface area contributed by atoms with E-state index in [1.807, 2.05) is 6.20 Å². The van der Waals surface area contributed by atoms with Crippen LogP contribution in [0.25, 0.3) is 10.9 Å². The standard InChI is InChI=1S/C15H16N2/c1-11(2)3-4-12-5-6-15-14(9-12)13(7-8-16)10-17-15/h3,5-6,9-10,17H,4,7H2,1-2H3. The number of aromatic amines is 1. The first-order valence-corrected chi connectivity index (χ1v) is 5.80. The van der Waals surface area contributed by atoms with E-state index in [1.165, 1.54) is 16.5 Å². The number of allylic oxidation sites excluding steroid dienone is 2. The Hall–Kier alpha value is -2.01. The van der Waals surface area contributed by atoms with E-state index in [2.05, 4.69) is 49.2 Å². The molecule has 1 heterocycles. The Balaban J connectivity index is 2.38. The van der Waals surface area contributed by atoms with E-state index in [9.17, 15) is 0 Å². The first-order valence-electron chi connectivity index (χ1n) is 5.80. The quantitative estimate of drug-likeness (QED) is 0.792. The highest BCUT2D eigenvalue weighted by Crippen LogP contribution is 2.20. The van der Waals surface area contributed by atoms with E-state index >= 15 is 0 Å². The monoisotopic (exact) mass is 224 g/mol. The van der Waals surface area contributed by atoms with Crippen molar-refractivity contribution < 1.29 is 0 Å². The number of hydrogen-bond donors (Lipinski definition) is 1. The lowest BCUT2D eigenvalue weighted by molar-refractivity contribution is 1.22. The summed E-state index contributed by atoms with van der Waals surface area (Å²) in [5.41, 5.74) is 4.81. The van der Waals surface area contributed by atoms with Crippen LogP contribution in [0.2, 0.25) is 0 Å². The van der Waals surface area contributed by atoms with E-state index in [0.29, 0.717) is 6.42 Å². The van der Waals surface area contributed by atoms with Gasteiger partial charge in [0, 0.05) is 17.1 Å². The molecule has 86 valence electrons. The van der Waals surface area contributed by atoms with Crippen LogP contribution in [-0.4, -0.2) is 4.98 Å². The zero-order chi connectivity index (χ0) is 12.3. The zero-order valence-corrected chi connectivity index (χ0v) is 10.2. The number of nitrogens with one attached hydrogen (secondary N) is 1. The first-order chi connectivity index (χ1) is 8.20.